The van der Waals surface area contributed by atoms with Gasteiger partial charge in [0.05, 0.1) is 13.0 Å². The van der Waals surface area contributed by atoms with Gasteiger partial charge in [0.25, 0.3) is 5.56 Å². The number of nitrogens with one attached hydrogen (secondary N) is 1. The van der Waals surface area contributed by atoms with Gasteiger partial charge in [0.2, 0.25) is 5.91 Å². The molecule has 0 fully saturated rings. The lowest BCUT2D eigenvalue weighted by molar-refractivity contribution is -0.274. The molecule has 0 spiro atoms. The number of rotatable bonds is 6. The fourth-order valence-corrected chi connectivity index (χ4v) is 5.04. The number of hydrogen-bond donors (Lipinski definition) is 1. The SMILES string of the molecule is O=C(Cc1csc2ccccc12)Nc1cccc2c(=O)n(Cc3ccc(OC(F)(F)F)cc3)ccc12. The minimum atomic E-state index is -4.76. The molecule has 0 radical (unpaired) electrons. The van der Waals surface area contributed by atoms with Crippen LogP contribution in [0.3, 0.4) is 0 Å². The number of alkyl halides is 3. The number of halogens is 3. The van der Waals surface area contributed by atoms with Crippen LogP contribution in [0.2, 0.25) is 0 Å². The predicted octanol–water partition coefficient (Wildman–Crippen LogP) is 6.34. The Labute approximate surface area is 207 Å². The third kappa shape index (κ3) is 5.11. The highest BCUT2D eigenvalue weighted by Crippen LogP contribution is 2.27. The van der Waals surface area contributed by atoms with Crippen molar-refractivity contribution >= 4 is 43.8 Å². The monoisotopic (exact) mass is 508 g/mol. The summed E-state index contributed by atoms with van der Waals surface area (Å²) in [6.45, 7) is 0.170. The first-order valence-electron chi connectivity index (χ1n) is 11.0. The van der Waals surface area contributed by atoms with Crippen LogP contribution < -0.4 is 15.6 Å². The molecule has 36 heavy (non-hydrogen) atoms. The predicted molar refractivity (Wildman–Crippen MR) is 135 cm³/mol. The van der Waals surface area contributed by atoms with E-state index >= 15 is 0 Å². The van der Waals surface area contributed by atoms with Gasteiger partial charge in [-0.25, -0.2) is 0 Å². The molecule has 3 aromatic carbocycles. The lowest BCUT2D eigenvalue weighted by atomic mass is 10.1. The molecule has 0 bridgehead atoms. The molecule has 1 N–H and O–H groups in total. The van der Waals surface area contributed by atoms with E-state index in [4.69, 9.17) is 0 Å². The Morgan fingerprint density at radius 2 is 1.67 bits per heavy atom. The van der Waals surface area contributed by atoms with E-state index in [1.807, 2.05) is 29.6 Å². The number of thiophene rings is 1. The van der Waals surface area contributed by atoms with Crippen molar-refractivity contribution in [3.05, 3.63) is 106 Å². The van der Waals surface area contributed by atoms with E-state index in [2.05, 4.69) is 10.1 Å². The number of nitrogens with zero attached hydrogens (tertiary/aromatic N) is 1. The molecule has 5 rings (SSSR count). The van der Waals surface area contributed by atoms with E-state index in [1.165, 1.54) is 28.8 Å². The first kappa shape index (κ1) is 23.6. The van der Waals surface area contributed by atoms with Crippen LogP contribution in [0.1, 0.15) is 11.1 Å². The minimum Gasteiger partial charge on any atom is -0.406 e. The fourth-order valence-electron chi connectivity index (χ4n) is 4.08. The third-order valence-electron chi connectivity index (χ3n) is 5.71. The summed E-state index contributed by atoms with van der Waals surface area (Å²) in [4.78, 5) is 25.9. The van der Waals surface area contributed by atoms with Crippen molar-refractivity contribution in [1.82, 2.24) is 4.57 Å². The second-order valence-corrected chi connectivity index (χ2v) is 9.10. The zero-order valence-electron chi connectivity index (χ0n) is 18.7. The first-order chi connectivity index (χ1) is 17.3. The molecule has 0 aliphatic carbocycles. The van der Waals surface area contributed by atoms with E-state index in [1.54, 1.807) is 41.8 Å². The number of amides is 1. The van der Waals surface area contributed by atoms with E-state index in [0.717, 1.165) is 15.6 Å². The van der Waals surface area contributed by atoms with Gasteiger partial charge in [-0.2, -0.15) is 0 Å². The molecule has 0 aliphatic rings. The molecule has 0 aliphatic heterocycles. The summed E-state index contributed by atoms with van der Waals surface area (Å²) in [7, 11) is 0. The summed E-state index contributed by atoms with van der Waals surface area (Å²) in [6.07, 6.45) is -2.94. The average molecular weight is 509 g/mol. The normalized spacial score (nSPS) is 11.6. The van der Waals surface area contributed by atoms with Crippen LogP contribution in [0.4, 0.5) is 18.9 Å². The van der Waals surface area contributed by atoms with Crippen LogP contribution >= 0.6 is 11.3 Å². The second-order valence-electron chi connectivity index (χ2n) is 8.19. The molecular weight excluding hydrogens is 489 g/mol. The number of carbonyl (C=O) groups is 1. The molecular formula is C27H19F3N2O3S. The number of anilines is 1. The van der Waals surface area contributed by atoms with Crippen LogP contribution in [0.15, 0.2) is 89.2 Å². The molecule has 182 valence electrons. The van der Waals surface area contributed by atoms with E-state index in [-0.39, 0.29) is 30.2 Å². The first-order valence-corrected chi connectivity index (χ1v) is 11.9. The molecule has 1 amide bonds. The van der Waals surface area contributed by atoms with Crippen molar-refractivity contribution in [2.45, 2.75) is 19.3 Å². The topological polar surface area (TPSA) is 60.3 Å². The molecule has 5 nitrogen and oxygen atoms in total. The lowest BCUT2D eigenvalue weighted by Crippen LogP contribution is -2.21. The van der Waals surface area contributed by atoms with Gasteiger partial charge in [-0.1, -0.05) is 36.4 Å². The molecule has 0 saturated heterocycles. The minimum absolute atomic E-state index is 0.170. The molecule has 2 aromatic heterocycles. The Balaban J connectivity index is 1.35. The number of ether oxygens (including phenoxy) is 1. The van der Waals surface area contributed by atoms with Crippen molar-refractivity contribution < 1.29 is 22.7 Å². The number of fused-ring (bicyclic) bond motifs is 2. The zero-order valence-corrected chi connectivity index (χ0v) is 19.5. The summed E-state index contributed by atoms with van der Waals surface area (Å²) in [5.41, 5.74) is 1.85. The van der Waals surface area contributed by atoms with Gasteiger partial charge in [-0.3, -0.25) is 9.59 Å². The van der Waals surface area contributed by atoms with Gasteiger partial charge in [0.1, 0.15) is 5.75 Å². The van der Waals surface area contributed by atoms with Gasteiger partial charge < -0.3 is 14.6 Å². The molecule has 0 atom stereocenters. The average Bonchev–Trinajstić information content (AvgIpc) is 3.24. The maximum absolute atomic E-state index is 13.1. The van der Waals surface area contributed by atoms with Gasteiger partial charge >= 0.3 is 6.36 Å². The van der Waals surface area contributed by atoms with Gasteiger partial charge in [0.15, 0.2) is 0 Å². The Bertz CT molecular complexity index is 1620. The Morgan fingerprint density at radius 3 is 2.44 bits per heavy atom. The molecule has 0 unspecified atom stereocenters. The molecule has 2 heterocycles. The van der Waals surface area contributed by atoms with Gasteiger partial charge in [-0.15, -0.1) is 24.5 Å². The van der Waals surface area contributed by atoms with Crippen LogP contribution in [0.25, 0.3) is 20.9 Å². The van der Waals surface area contributed by atoms with Gasteiger partial charge in [0, 0.05) is 27.4 Å². The Hall–Kier alpha value is -4.11. The highest BCUT2D eigenvalue weighted by atomic mass is 32.1. The van der Waals surface area contributed by atoms with Crippen molar-refractivity contribution in [3.63, 3.8) is 0 Å². The Morgan fingerprint density at radius 1 is 0.917 bits per heavy atom. The standard InChI is InChI=1S/C27H19F3N2O3S/c28-27(29,30)35-19-10-8-17(9-11-19)15-32-13-12-21-22(26(32)34)5-3-6-23(21)31-25(33)14-18-16-36-24-7-2-1-4-20(18)24/h1-13,16H,14-15H2,(H,31,33). The Kier molecular flexibility index (Phi) is 6.24. The van der Waals surface area contributed by atoms with Crippen molar-refractivity contribution in [2.24, 2.45) is 0 Å². The number of benzene rings is 3. The largest absolute Gasteiger partial charge is 0.573 e. The van der Waals surface area contributed by atoms with Crippen molar-refractivity contribution in [1.29, 1.82) is 0 Å². The quantitative estimate of drug-likeness (QED) is 0.291. The zero-order chi connectivity index (χ0) is 25.3. The summed E-state index contributed by atoms with van der Waals surface area (Å²) in [6, 6.07) is 20.1. The highest BCUT2D eigenvalue weighted by molar-refractivity contribution is 7.17. The van der Waals surface area contributed by atoms with Crippen LogP contribution in [0, 0.1) is 0 Å². The third-order valence-corrected chi connectivity index (χ3v) is 6.73. The van der Waals surface area contributed by atoms with Crippen LogP contribution in [0.5, 0.6) is 5.75 Å². The highest BCUT2D eigenvalue weighted by Gasteiger charge is 2.30. The van der Waals surface area contributed by atoms with E-state index in [0.29, 0.717) is 22.0 Å². The summed E-state index contributed by atoms with van der Waals surface area (Å²) >= 11 is 1.59. The van der Waals surface area contributed by atoms with Crippen LogP contribution in [-0.2, 0) is 17.8 Å². The maximum Gasteiger partial charge on any atom is 0.573 e. The van der Waals surface area contributed by atoms with Crippen LogP contribution in [-0.4, -0.2) is 16.8 Å². The molecule has 5 aromatic rings. The van der Waals surface area contributed by atoms with Crippen molar-refractivity contribution in [3.8, 4) is 5.75 Å². The van der Waals surface area contributed by atoms with Crippen molar-refractivity contribution in [2.75, 3.05) is 5.32 Å². The summed E-state index contributed by atoms with van der Waals surface area (Å²) in [5.74, 6) is -0.510. The molecule has 9 heteroatoms. The number of pyridine rings is 1. The fraction of sp³-hybridized carbons (Fsp3) is 0.111. The number of aromatic nitrogens is 1. The number of hydrogen-bond acceptors (Lipinski definition) is 4. The maximum atomic E-state index is 13.1. The number of carbonyl (C=O) groups excluding carboxylic acids is 1. The summed E-state index contributed by atoms with van der Waals surface area (Å²) < 4.78 is 43.6. The lowest BCUT2D eigenvalue weighted by Gasteiger charge is -2.12. The van der Waals surface area contributed by atoms with E-state index < -0.39 is 6.36 Å². The summed E-state index contributed by atoms with van der Waals surface area (Å²) in [5, 5.41) is 6.99. The second kappa shape index (κ2) is 9.50. The van der Waals surface area contributed by atoms with E-state index in [9.17, 15) is 22.8 Å². The smallest absolute Gasteiger partial charge is 0.406 e. The molecule has 0 saturated carbocycles. The van der Waals surface area contributed by atoms with Gasteiger partial charge in [-0.05, 0) is 58.3 Å².